The number of hydrazine groups is 1. The van der Waals surface area contributed by atoms with E-state index in [1.807, 2.05) is 0 Å². The Morgan fingerprint density at radius 1 is 0.556 bits per heavy atom. The second-order valence-electron chi connectivity index (χ2n) is 7.20. The zero-order valence-electron chi connectivity index (χ0n) is 18.3. The number of fused-ring (bicyclic) bond motifs is 1. The number of nitrogens with one attached hydrogen (secondary N) is 2. The highest BCUT2D eigenvalue weighted by molar-refractivity contribution is 7.92. The largest absolute Gasteiger partial charge is 0.324 e. The number of benzene rings is 4. The van der Waals surface area contributed by atoms with Gasteiger partial charge in [0, 0.05) is 22.1 Å². The molecular formula is C22H21N3O8S3. The molecule has 4 aromatic rings. The first kappa shape index (κ1) is 27.1. The van der Waals surface area contributed by atoms with Crippen molar-refractivity contribution in [2.75, 3.05) is 10.1 Å². The molecule has 14 heteroatoms. The summed E-state index contributed by atoms with van der Waals surface area (Å²) in [7, 11) is -12.5. The Hall–Kier alpha value is -3.53. The standard InChI is InChI=1S/C12H13N3O2S.C10H8O6S2/c13-14-10-6-8-11(9-7-10)15-18(16,17)12-4-2-1-3-5-12;11-17(12,13)9-5-1-3-7-8(9)4-2-6-10(7)18(14,15)16/h1-9,14-15H,13H2;1-6H,(H,11,12,13)(H,14,15,16). The van der Waals surface area contributed by atoms with Crippen molar-refractivity contribution in [3.05, 3.63) is 91.0 Å². The molecule has 11 nitrogen and oxygen atoms in total. The van der Waals surface area contributed by atoms with Crippen LogP contribution in [0.1, 0.15) is 0 Å². The third-order valence-electron chi connectivity index (χ3n) is 4.76. The summed E-state index contributed by atoms with van der Waals surface area (Å²) >= 11 is 0. The van der Waals surface area contributed by atoms with Crippen molar-refractivity contribution >= 4 is 52.4 Å². The molecule has 0 radical (unpaired) electrons. The van der Waals surface area contributed by atoms with Crippen molar-refractivity contribution in [3.8, 4) is 0 Å². The van der Waals surface area contributed by atoms with Gasteiger partial charge in [0.15, 0.2) is 0 Å². The van der Waals surface area contributed by atoms with E-state index in [4.69, 9.17) is 14.9 Å². The summed E-state index contributed by atoms with van der Waals surface area (Å²) in [6, 6.07) is 22.4. The van der Waals surface area contributed by atoms with Crippen LogP contribution in [0.25, 0.3) is 10.8 Å². The molecule has 0 saturated heterocycles. The molecule has 0 aliphatic rings. The van der Waals surface area contributed by atoms with E-state index >= 15 is 0 Å². The van der Waals surface area contributed by atoms with Crippen LogP contribution < -0.4 is 16.0 Å². The Morgan fingerprint density at radius 3 is 1.42 bits per heavy atom. The van der Waals surface area contributed by atoms with Crippen LogP contribution in [0, 0.1) is 0 Å². The Bertz CT molecular complexity index is 1620. The smallest absolute Gasteiger partial charge is 0.295 e. The van der Waals surface area contributed by atoms with Gasteiger partial charge in [-0.3, -0.25) is 19.7 Å². The zero-order chi connectivity index (χ0) is 26.6. The number of nitrogens with two attached hydrogens (primary N) is 1. The summed E-state index contributed by atoms with van der Waals surface area (Å²) in [5.41, 5.74) is 3.66. The van der Waals surface area contributed by atoms with Crippen molar-refractivity contribution in [3.63, 3.8) is 0 Å². The Kier molecular flexibility index (Phi) is 7.98. The van der Waals surface area contributed by atoms with Gasteiger partial charge in [0.25, 0.3) is 30.3 Å². The van der Waals surface area contributed by atoms with E-state index in [1.54, 1.807) is 42.5 Å². The lowest BCUT2D eigenvalue weighted by molar-refractivity contribution is 0.481. The third-order valence-corrected chi connectivity index (χ3v) is 7.98. The predicted molar refractivity (Wildman–Crippen MR) is 135 cm³/mol. The first-order valence-corrected chi connectivity index (χ1v) is 14.3. The van der Waals surface area contributed by atoms with Gasteiger partial charge in [-0.05, 0) is 48.5 Å². The van der Waals surface area contributed by atoms with E-state index in [-0.39, 0.29) is 15.7 Å². The fourth-order valence-electron chi connectivity index (χ4n) is 3.15. The number of nitrogen functional groups attached to an aromatic ring is 1. The van der Waals surface area contributed by atoms with Gasteiger partial charge in [0.1, 0.15) is 9.79 Å². The van der Waals surface area contributed by atoms with E-state index in [2.05, 4.69) is 10.1 Å². The van der Waals surface area contributed by atoms with Gasteiger partial charge in [-0.15, -0.1) is 0 Å². The summed E-state index contributed by atoms with van der Waals surface area (Å²) in [5.74, 6) is 5.23. The maximum atomic E-state index is 12.0. The van der Waals surface area contributed by atoms with Crippen molar-refractivity contribution in [1.82, 2.24) is 0 Å². The topological polar surface area (TPSA) is 193 Å². The number of rotatable bonds is 6. The minimum Gasteiger partial charge on any atom is -0.324 e. The number of sulfonamides is 1. The Labute approximate surface area is 208 Å². The molecule has 36 heavy (non-hydrogen) atoms. The van der Waals surface area contributed by atoms with E-state index in [0.29, 0.717) is 11.4 Å². The average Bonchev–Trinajstić information content (AvgIpc) is 2.83. The lowest BCUT2D eigenvalue weighted by Crippen LogP contribution is -2.13. The van der Waals surface area contributed by atoms with Crippen LogP contribution in [0.4, 0.5) is 11.4 Å². The molecule has 0 unspecified atom stereocenters. The molecule has 0 aliphatic carbocycles. The highest BCUT2D eigenvalue weighted by Gasteiger charge is 2.19. The second kappa shape index (κ2) is 10.6. The van der Waals surface area contributed by atoms with Crippen LogP contribution in [-0.2, 0) is 30.3 Å². The molecule has 0 heterocycles. The average molecular weight is 552 g/mol. The maximum Gasteiger partial charge on any atom is 0.295 e. The fraction of sp³-hybridized carbons (Fsp3) is 0. The molecule has 4 rings (SSSR count). The highest BCUT2D eigenvalue weighted by atomic mass is 32.2. The molecule has 0 aromatic heterocycles. The maximum absolute atomic E-state index is 12.0. The normalized spacial score (nSPS) is 11.9. The Balaban J connectivity index is 0.000000201. The summed E-state index contributed by atoms with van der Waals surface area (Å²) in [4.78, 5) is -0.595. The SMILES string of the molecule is NNc1ccc(NS(=O)(=O)c2ccccc2)cc1.O=S(=O)(O)c1cccc2c(S(=O)(=O)O)cccc12. The minimum absolute atomic E-state index is 0.0233. The summed E-state index contributed by atoms with van der Waals surface area (Å²) in [6.45, 7) is 0. The molecule has 0 atom stereocenters. The number of anilines is 2. The van der Waals surface area contributed by atoms with Crippen molar-refractivity contribution < 1.29 is 34.4 Å². The first-order chi connectivity index (χ1) is 16.8. The monoisotopic (exact) mass is 551 g/mol. The molecule has 0 fully saturated rings. The lowest BCUT2D eigenvalue weighted by Gasteiger charge is -2.08. The molecule has 0 spiro atoms. The quantitative estimate of drug-likeness (QED) is 0.135. The van der Waals surface area contributed by atoms with Crippen LogP contribution in [0.5, 0.6) is 0 Å². The number of hydrogen-bond donors (Lipinski definition) is 5. The summed E-state index contributed by atoms with van der Waals surface area (Å²) < 4.78 is 89.2. The molecule has 0 aliphatic heterocycles. The van der Waals surface area contributed by atoms with Crippen LogP contribution in [-0.4, -0.2) is 34.4 Å². The highest BCUT2D eigenvalue weighted by Crippen LogP contribution is 2.28. The van der Waals surface area contributed by atoms with Gasteiger partial charge in [-0.25, -0.2) is 8.42 Å². The molecule has 0 saturated carbocycles. The molecule has 190 valence electrons. The van der Waals surface area contributed by atoms with Gasteiger partial charge in [0.05, 0.1) is 4.90 Å². The van der Waals surface area contributed by atoms with Crippen molar-refractivity contribution in [1.29, 1.82) is 0 Å². The van der Waals surface area contributed by atoms with Crippen LogP contribution in [0.2, 0.25) is 0 Å². The van der Waals surface area contributed by atoms with E-state index < -0.39 is 40.1 Å². The molecule has 4 aromatic carbocycles. The van der Waals surface area contributed by atoms with Gasteiger partial charge in [0.2, 0.25) is 0 Å². The Morgan fingerprint density at radius 2 is 1.00 bits per heavy atom. The molecule has 0 amide bonds. The molecule has 6 N–H and O–H groups in total. The van der Waals surface area contributed by atoms with Gasteiger partial charge < -0.3 is 5.43 Å². The van der Waals surface area contributed by atoms with Gasteiger partial charge in [-0.2, -0.15) is 16.8 Å². The van der Waals surface area contributed by atoms with Crippen LogP contribution >= 0.6 is 0 Å². The zero-order valence-corrected chi connectivity index (χ0v) is 20.8. The van der Waals surface area contributed by atoms with Gasteiger partial charge in [-0.1, -0.05) is 42.5 Å². The molecule has 0 bridgehead atoms. The predicted octanol–water partition coefficient (Wildman–Crippen LogP) is 3.11. The summed E-state index contributed by atoms with van der Waals surface area (Å²) in [6.07, 6.45) is 0. The fourth-order valence-corrected chi connectivity index (χ4v) is 5.64. The van der Waals surface area contributed by atoms with Crippen molar-refractivity contribution in [2.24, 2.45) is 5.84 Å². The van der Waals surface area contributed by atoms with Gasteiger partial charge >= 0.3 is 0 Å². The minimum atomic E-state index is -4.47. The lowest BCUT2D eigenvalue weighted by atomic mass is 10.1. The molecular weight excluding hydrogens is 530 g/mol. The van der Waals surface area contributed by atoms with Crippen LogP contribution in [0.15, 0.2) is 106 Å². The van der Waals surface area contributed by atoms with E-state index in [0.717, 1.165) is 12.1 Å². The third kappa shape index (κ3) is 6.57. The summed E-state index contributed by atoms with van der Waals surface area (Å²) in [5, 5.41) is 0.0465. The van der Waals surface area contributed by atoms with Crippen molar-refractivity contribution in [2.45, 2.75) is 14.7 Å². The van der Waals surface area contributed by atoms with E-state index in [1.165, 1.54) is 36.4 Å². The number of hydrogen-bond acceptors (Lipinski definition) is 8. The van der Waals surface area contributed by atoms with Crippen LogP contribution in [0.3, 0.4) is 0 Å². The first-order valence-electron chi connectivity index (χ1n) is 9.94. The van der Waals surface area contributed by atoms with E-state index in [9.17, 15) is 25.3 Å². The second-order valence-corrected chi connectivity index (χ2v) is 11.7.